The Hall–Kier alpha value is -0.340. The molecule has 42 valence electrons. The summed E-state index contributed by atoms with van der Waals surface area (Å²) in [6.07, 6.45) is 0.384. The van der Waals surface area contributed by atoms with Crippen molar-refractivity contribution in [2.75, 3.05) is 0 Å². The van der Waals surface area contributed by atoms with E-state index in [9.17, 15) is 0 Å². The molecule has 0 rings (SSSR count). The molecule has 0 aromatic heterocycles. The molecule has 0 saturated heterocycles. The summed E-state index contributed by atoms with van der Waals surface area (Å²) in [7, 11) is 0. The number of aliphatic hydroxyl groups excluding tert-OH is 1. The zero-order chi connectivity index (χ0) is 5.86. The van der Waals surface area contributed by atoms with E-state index in [0.717, 1.165) is 0 Å². The molecule has 0 unspecified atom stereocenters. The van der Waals surface area contributed by atoms with Gasteiger partial charge in [-0.25, -0.2) is 0 Å². The van der Waals surface area contributed by atoms with Crippen LogP contribution >= 0.6 is 0 Å². The summed E-state index contributed by atoms with van der Waals surface area (Å²) in [5.41, 5.74) is 0.583. The highest BCUT2D eigenvalue weighted by Gasteiger charge is 1.94. The van der Waals surface area contributed by atoms with Crippen molar-refractivity contribution < 1.29 is 10.2 Å². The number of hydrogen-bond donors (Lipinski definition) is 2. The molecule has 0 aromatic carbocycles. The zero-order valence-electron chi connectivity index (χ0n) is 4.55. The number of rotatable bonds is 1. The summed E-state index contributed by atoms with van der Waals surface area (Å²) in [4.78, 5) is 0. The summed E-state index contributed by atoms with van der Waals surface area (Å²) >= 11 is 0. The lowest BCUT2D eigenvalue weighted by atomic mass is 10.3. The monoisotopic (exact) mass is 102 g/mol. The second-order valence-corrected chi connectivity index (χ2v) is 1.41. The summed E-state index contributed by atoms with van der Waals surface area (Å²) in [6.45, 7) is 3.42. The number of allylic oxidation sites excluding steroid dienone is 1. The van der Waals surface area contributed by atoms with Gasteiger partial charge in [0.05, 0.1) is 0 Å². The van der Waals surface area contributed by atoms with Crippen molar-refractivity contribution in [2.24, 2.45) is 0 Å². The van der Waals surface area contributed by atoms with Crippen molar-refractivity contribution in [1.29, 1.82) is 0 Å². The average molecular weight is 102 g/mol. The summed E-state index contributed by atoms with van der Waals surface area (Å²) in [5.74, 6) is 0. The zero-order valence-corrected chi connectivity index (χ0v) is 4.55. The van der Waals surface area contributed by atoms with Crippen molar-refractivity contribution in [2.45, 2.75) is 20.1 Å². The highest BCUT2D eigenvalue weighted by atomic mass is 16.5. The smallest absolute Gasteiger partial charge is 0.173 e. The molecule has 0 heterocycles. The second-order valence-electron chi connectivity index (χ2n) is 1.41. The van der Waals surface area contributed by atoms with E-state index >= 15 is 0 Å². The highest BCUT2D eigenvalue weighted by Crippen LogP contribution is 1.94. The van der Waals surface area contributed by atoms with Gasteiger partial charge in [0.25, 0.3) is 0 Å². The molecular weight excluding hydrogens is 92.1 g/mol. The van der Waals surface area contributed by atoms with Gasteiger partial charge in [0.15, 0.2) is 6.29 Å². The summed E-state index contributed by atoms with van der Waals surface area (Å²) in [5, 5.41) is 16.6. The molecule has 0 fully saturated rings. The first-order valence-corrected chi connectivity index (χ1v) is 2.17. The predicted octanol–water partition coefficient (Wildman–Crippen LogP) is 0.263. The molecule has 0 amide bonds. The molecular formula is C5H10O2. The first-order chi connectivity index (χ1) is 3.18. The van der Waals surface area contributed by atoms with E-state index in [1.807, 2.05) is 0 Å². The Labute approximate surface area is 43.1 Å². The molecule has 0 bridgehead atoms. The van der Waals surface area contributed by atoms with Crippen LogP contribution in [0.25, 0.3) is 0 Å². The lowest BCUT2D eigenvalue weighted by molar-refractivity contribution is -0.00773. The average Bonchev–Trinajstić information content (AvgIpc) is 1.65. The Balaban J connectivity index is 3.56. The molecule has 7 heavy (non-hydrogen) atoms. The third-order valence-corrected chi connectivity index (χ3v) is 0.863. The molecule has 0 aliphatic carbocycles. The van der Waals surface area contributed by atoms with Crippen LogP contribution in [-0.2, 0) is 0 Å². The lowest BCUT2D eigenvalue weighted by Crippen LogP contribution is -2.04. The summed E-state index contributed by atoms with van der Waals surface area (Å²) < 4.78 is 0. The van der Waals surface area contributed by atoms with Gasteiger partial charge in [-0.2, -0.15) is 0 Å². The van der Waals surface area contributed by atoms with Gasteiger partial charge < -0.3 is 10.2 Å². The fourth-order valence-corrected chi connectivity index (χ4v) is 0.149. The van der Waals surface area contributed by atoms with Crippen LogP contribution in [0.5, 0.6) is 0 Å². The van der Waals surface area contributed by atoms with Gasteiger partial charge in [-0.15, -0.1) is 0 Å². The van der Waals surface area contributed by atoms with Crippen molar-refractivity contribution in [3.63, 3.8) is 0 Å². The van der Waals surface area contributed by atoms with E-state index in [4.69, 9.17) is 10.2 Å². The van der Waals surface area contributed by atoms with Crippen LogP contribution in [0.2, 0.25) is 0 Å². The maximum absolute atomic E-state index is 8.31. The Morgan fingerprint density at radius 3 is 2.00 bits per heavy atom. The Morgan fingerprint density at radius 2 is 2.00 bits per heavy atom. The Bertz CT molecular complexity index is 74.1. The van der Waals surface area contributed by atoms with Crippen LogP contribution in [0, 0.1) is 0 Å². The fraction of sp³-hybridized carbons (Fsp3) is 0.600. The summed E-state index contributed by atoms with van der Waals surface area (Å²) in [6, 6.07) is 0. The maximum Gasteiger partial charge on any atom is 0.173 e. The molecule has 2 heteroatoms. The highest BCUT2D eigenvalue weighted by molar-refractivity contribution is 4.97. The first kappa shape index (κ1) is 6.66. The van der Waals surface area contributed by atoms with Crippen LogP contribution in [0.3, 0.4) is 0 Å². The molecule has 2 N–H and O–H groups in total. The minimum atomic E-state index is -1.27. The molecule has 0 saturated carbocycles. The van der Waals surface area contributed by atoms with Crippen LogP contribution in [0.15, 0.2) is 11.6 Å². The lowest BCUT2D eigenvalue weighted by Gasteiger charge is -1.98. The minimum absolute atomic E-state index is 0.583. The van der Waals surface area contributed by atoms with Gasteiger partial charge >= 0.3 is 0 Å². The van der Waals surface area contributed by atoms with E-state index in [1.165, 1.54) is 0 Å². The van der Waals surface area contributed by atoms with Gasteiger partial charge in [-0.1, -0.05) is 6.08 Å². The van der Waals surface area contributed by atoms with E-state index < -0.39 is 6.29 Å². The van der Waals surface area contributed by atoms with Crippen molar-refractivity contribution in [3.05, 3.63) is 11.6 Å². The Kier molecular flexibility index (Phi) is 2.64. The molecule has 0 aliphatic rings. The van der Waals surface area contributed by atoms with E-state index in [-0.39, 0.29) is 0 Å². The SMILES string of the molecule is C/C=C(\C)C(O)O. The van der Waals surface area contributed by atoms with Crippen LogP contribution in [0.4, 0.5) is 0 Å². The molecule has 2 nitrogen and oxygen atoms in total. The first-order valence-electron chi connectivity index (χ1n) is 2.17. The van der Waals surface area contributed by atoms with Crippen LogP contribution in [0.1, 0.15) is 13.8 Å². The normalized spacial score (nSPS) is 13.0. The molecule has 0 spiro atoms. The van der Waals surface area contributed by atoms with Crippen LogP contribution in [-0.4, -0.2) is 16.5 Å². The quantitative estimate of drug-likeness (QED) is 0.368. The van der Waals surface area contributed by atoms with Gasteiger partial charge in [0.1, 0.15) is 0 Å². The number of aliphatic hydroxyl groups is 2. The van der Waals surface area contributed by atoms with Gasteiger partial charge in [-0.05, 0) is 19.4 Å². The molecule has 0 radical (unpaired) electrons. The molecule has 0 atom stereocenters. The van der Waals surface area contributed by atoms with E-state index in [0.29, 0.717) is 5.57 Å². The largest absolute Gasteiger partial charge is 0.365 e. The third kappa shape index (κ3) is 2.37. The van der Waals surface area contributed by atoms with Gasteiger partial charge in [0, 0.05) is 0 Å². The van der Waals surface area contributed by atoms with Gasteiger partial charge in [-0.3, -0.25) is 0 Å². The molecule has 0 aliphatic heterocycles. The van der Waals surface area contributed by atoms with E-state index in [1.54, 1.807) is 19.9 Å². The van der Waals surface area contributed by atoms with Crippen molar-refractivity contribution in [3.8, 4) is 0 Å². The number of hydrogen-bond acceptors (Lipinski definition) is 2. The minimum Gasteiger partial charge on any atom is -0.365 e. The molecule has 0 aromatic rings. The van der Waals surface area contributed by atoms with Crippen molar-refractivity contribution in [1.82, 2.24) is 0 Å². The van der Waals surface area contributed by atoms with Gasteiger partial charge in [0.2, 0.25) is 0 Å². The standard InChI is InChI=1S/C5H10O2/c1-3-4(2)5(6)7/h3,5-7H,1-2H3/b4-3+. The van der Waals surface area contributed by atoms with Crippen molar-refractivity contribution >= 4 is 0 Å². The van der Waals surface area contributed by atoms with Crippen LogP contribution < -0.4 is 0 Å². The third-order valence-electron chi connectivity index (χ3n) is 0.863. The predicted molar refractivity (Wildman–Crippen MR) is 27.7 cm³/mol. The second kappa shape index (κ2) is 2.77. The Morgan fingerprint density at radius 1 is 1.57 bits per heavy atom. The topological polar surface area (TPSA) is 40.5 Å². The maximum atomic E-state index is 8.31. The van der Waals surface area contributed by atoms with E-state index in [2.05, 4.69) is 0 Å². The fourth-order valence-electron chi connectivity index (χ4n) is 0.149.